The van der Waals surface area contributed by atoms with E-state index in [1.54, 1.807) is 0 Å². The molecule has 56 valence electrons. The van der Waals surface area contributed by atoms with Gasteiger partial charge in [0.05, 0.1) is 0 Å². The van der Waals surface area contributed by atoms with Crippen LogP contribution in [-0.4, -0.2) is 6.04 Å². The predicted molar refractivity (Wildman–Crippen MR) is 40.5 cm³/mol. The van der Waals surface area contributed by atoms with Crippen LogP contribution in [0, 0.1) is 17.3 Å². The summed E-state index contributed by atoms with van der Waals surface area (Å²) in [7, 11) is 0. The van der Waals surface area contributed by atoms with Crippen LogP contribution in [0.5, 0.6) is 0 Å². The Morgan fingerprint density at radius 3 is 2.40 bits per heavy atom. The molecule has 3 aliphatic carbocycles. The second-order valence-electron chi connectivity index (χ2n) is 4.59. The van der Waals surface area contributed by atoms with E-state index < -0.39 is 0 Å². The summed E-state index contributed by atoms with van der Waals surface area (Å²) in [4.78, 5) is 0. The van der Waals surface area contributed by atoms with Crippen molar-refractivity contribution in [3.05, 3.63) is 0 Å². The van der Waals surface area contributed by atoms with Crippen molar-refractivity contribution in [2.75, 3.05) is 0 Å². The van der Waals surface area contributed by atoms with Crippen LogP contribution in [0.15, 0.2) is 0 Å². The zero-order valence-corrected chi connectivity index (χ0v) is 6.34. The molecule has 0 amide bonds. The molecule has 1 spiro atoms. The Bertz CT molecular complexity index is 168. The molecule has 2 atom stereocenters. The highest BCUT2D eigenvalue weighted by Gasteiger charge is 2.65. The third-order valence-corrected chi connectivity index (χ3v) is 3.78. The van der Waals surface area contributed by atoms with Gasteiger partial charge in [0.1, 0.15) is 0 Å². The average Bonchev–Trinajstić information content (AvgIpc) is 2.73. The van der Waals surface area contributed by atoms with Crippen LogP contribution in [0.2, 0.25) is 0 Å². The number of hydrogen-bond acceptors (Lipinski definition) is 1. The molecule has 3 saturated carbocycles. The minimum Gasteiger partial charge on any atom is -0.327 e. The minimum atomic E-state index is 0.600. The Labute approximate surface area is 62.0 Å². The fraction of sp³-hybridized carbons (Fsp3) is 1.00. The first-order valence-electron chi connectivity index (χ1n) is 4.57. The van der Waals surface area contributed by atoms with Gasteiger partial charge in [0.15, 0.2) is 0 Å². The van der Waals surface area contributed by atoms with Crippen LogP contribution >= 0.6 is 0 Å². The number of hydrogen-bond donors (Lipinski definition) is 1. The van der Waals surface area contributed by atoms with Crippen molar-refractivity contribution in [1.29, 1.82) is 0 Å². The van der Waals surface area contributed by atoms with Crippen LogP contribution < -0.4 is 5.73 Å². The number of nitrogens with two attached hydrogens (primary N) is 1. The van der Waals surface area contributed by atoms with E-state index in [9.17, 15) is 0 Å². The lowest BCUT2D eigenvalue weighted by atomic mass is 10.1. The summed E-state index contributed by atoms with van der Waals surface area (Å²) in [5, 5.41) is 0. The predicted octanol–water partition coefficient (Wildman–Crippen LogP) is 1.52. The van der Waals surface area contributed by atoms with Gasteiger partial charge in [-0.05, 0) is 49.4 Å². The highest BCUT2D eigenvalue weighted by atomic mass is 14.8. The van der Waals surface area contributed by atoms with Gasteiger partial charge in [0, 0.05) is 6.04 Å². The van der Waals surface area contributed by atoms with Crippen molar-refractivity contribution in [3.63, 3.8) is 0 Å². The molecule has 1 heteroatoms. The Kier molecular flexibility index (Phi) is 0.797. The summed E-state index contributed by atoms with van der Waals surface area (Å²) in [6.07, 6.45) is 7.32. The number of rotatable bonds is 2. The molecule has 1 nitrogen and oxygen atoms in total. The van der Waals surface area contributed by atoms with Gasteiger partial charge >= 0.3 is 0 Å². The van der Waals surface area contributed by atoms with Crippen LogP contribution in [0.1, 0.15) is 32.1 Å². The van der Waals surface area contributed by atoms with Gasteiger partial charge in [0.2, 0.25) is 0 Å². The monoisotopic (exact) mass is 137 g/mol. The summed E-state index contributed by atoms with van der Waals surface area (Å²) in [5.74, 6) is 1.89. The molecule has 3 fully saturated rings. The molecule has 0 aromatic carbocycles. The van der Waals surface area contributed by atoms with E-state index >= 15 is 0 Å². The van der Waals surface area contributed by atoms with Crippen LogP contribution in [0.3, 0.4) is 0 Å². The molecular weight excluding hydrogens is 122 g/mol. The topological polar surface area (TPSA) is 26.0 Å². The first kappa shape index (κ1) is 5.59. The average molecular weight is 137 g/mol. The van der Waals surface area contributed by atoms with Crippen LogP contribution in [0.25, 0.3) is 0 Å². The molecule has 0 saturated heterocycles. The van der Waals surface area contributed by atoms with Gasteiger partial charge in [-0.15, -0.1) is 0 Å². The normalized spacial score (nSPS) is 43.5. The second-order valence-corrected chi connectivity index (χ2v) is 4.59. The summed E-state index contributed by atoms with van der Waals surface area (Å²) in [6.45, 7) is 0. The standard InChI is InChI=1S/C9H15N/c10-8(6-1-2-6)7-5-9(7)3-4-9/h6-8H,1-5,10H2. The Morgan fingerprint density at radius 1 is 1.30 bits per heavy atom. The van der Waals surface area contributed by atoms with Crippen molar-refractivity contribution in [3.8, 4) is 0 Å². The largest absolute Gasteiger partial charge is 0.327 e. The van der Waals surface area contributed by atoms with Crippen molar-refractivity contribution >= 4 is 0 Å². The zero-order valence-electron chi connectivity index (χ0n) is 6.34. The molecule has 0 aromatic heterocycles. The van der Waals surface area contributed by atoms with Crippen molar-refractivity contribution < 1.29 is 0 Å². The quantitative estimate of drug-likeness (QED) is 0.613. The fourth-order valence-corrected chi connectivity index (χ4v) is 2.47. The van der Waals surface area contributed by atoms with E-state index in [1.807, 2.05) is 0 Å². The van der Waals surface area contributed by atoms with Crippen molar-refractivity contribution in [2.45, 2.75) is 38.1 Å². The van der Waals surface area contributed by atoms with E-state index in [0.717, 1.165) is 17.3 Å². The maximum Gasteiger partial charge on any atom is 0.0101 e. The summed E-state index contributed by atoms with van der Waals surface area (Å²) >= 11 is 0. The van der Waals surface area contributed by atoms with Crippen molar-refractivity contribution in [2.24, 2.45) is 23.0 Å². The second kappa shape index (κ2) is 1.42. The van der Waals surface area contributed by atoms with E-state index in [-0.39, 0.29) is 0 Å². The van der Waals surface area contributed by atoms with Crippen LogP contribution in [0.4, 0.5) is 0 Å². The molecule has 0 radical (unpaired) electrons. The van der Waals surface area contributed by atoms with Gasteiger partial charge in [-0.3, -0.25) is 0 Å². The van der Waals surface area contributed by atoms with E-state index in [4.69, 9.17) is 5.73 Å². The lowest BCUT2D eigenvalue weighted by Gasteiger charge is -2.07. The SMILES string of the molecule is NC(C1CC1)C1CC12CC2. The Balaban J connectivity index is 1.67. The van der Waals surface area contributed by atoms with Gasteiger partial charge in [-0.1, -0.05) is 0 Å². The molecule has 10 heavy (non-hydrogen) atoms. The highest BCUT2D eigenvalue weighted by molar-refractivity contribution is 5.17. The summed E-state index contributed by atoms with van der Waals surface area (Å²) in [5.41, 5.74) is 6.94. The first-order valence-corrected chi connectivity index (χ1v) is 4.57. The molecule has 0 aromatic rings. The van der Waals surface area contributed by atoms with E-state index in [1.165, 1.54) is 32.1 Å². The van der Waals surface area contributed by atoms with Gasteiger partial charge in [-0.25, -0.2) is 0 Å². The molecule has 0 heterocycles. The maximum absolute atomic E-state index is 6.10. The third kappa shape index (κ3) is 0.619. The maximum atomic E-state index is 6.10. The lowest BCUT2D eigenvalue weighted by molar-refractivity contribution is 0.492. The lowest BCUT2D eigenvalue weighted by Crippen LogP contribution is -2.25. The summed E-state index contributed by atoms with van der Waals surface area (Å²) in [6, 6.07) is 0.600. The molecule has 0 aliphatic heterocycles. The Morgan fingerprint density at radius 2 is 2.00 bits per heavy atom. The van der Waals surface area contributed by atoms with Gasteiger partial charge < -0.3 is 5.73 Å². The van der Waals surface area contributed by atoms with E-state index in [2.05, 4.69) is 0 Å². The molecule has 2 unspecified atom stereocenters. The van der Waals surface area contributed by atoms with E-state index in [0.29, 0.717) is 6.04 Å². The summed E-state index contributed by atoms with van der Waals surface area (Å²) < 4.78 is 0. The molecule has 2 N–H and O–H groups in total. The third-order valence-electron chi connectivity index (χ3n) is 3.78. The molecule has 3 rings (SSSR count). The van der Waals surface area contributed by atoms with Gasteiger partial charge in [-0.2, -0.15) is 0 Å². The highest BCUT2D eigenvalue weighted by Crippen LogP contribution is 2.72. The first-order chi connectivity index (χ1) is 4.82. The molecular formula is C9H15N. The molecule has 0 bridgehead atoms. The smallest absolute Gasteiger partial charge is 0.0101 e. The molecule has 3 aliphatic rings. The van der Waals surface area contributed by atoms with Crippen molar-refractivity contribution in [1.82, 2.24) is 0 Å². The van der Waals surface area contributed by atoms with Gasteiger partial charge in [0.25, 0.3) is 0 Å². The Hall–Kier alpha value is -0.0400. The minimum absolute atomic E-state index is 0.600. The zero-order chi connectivity index (χ0) is 6.77. The van der Waals surface area contributed by atoms with Crippen LogP contribution in [-0.2, 0) is 0 Å². The fourth-order valence-electron chi connectivity index (χ4n) is 2.47.